The number of pyridine rings is 1. The number of hydrogen-bond donors (Lipinski definition) is 1. The highest BCUT2D eigenvalue weighted by molar-refractivity contribution is 5.91. The van der Waals surface area contributed by atoms with Gasteiger partial charge in [0.25, 0.3) is 0 Å². The van der Waals surface area contributed by atoms with Crippen LogP contribution in [0.25, 0.3) is 5.57 Å². The minimum atomic E-state index is -4.41. The maximum Gasteiger partial charge on any atom is 0.422 e. The molecule has 1 aliphatic carbocycles. The number of rotatable bonds is 7. The number of amides is 1. The molecule has 34 heavy (non-hydrogen) atoms. The zero-order chi connectivity index (χ0) is 24.1. The standard InChI is InChI=1S/C25H23F3N4O2/c1-16(22-10-9-19(12-30-22)34-14-25(26,27)28)32-24(33)11-17-5-7-18(8-6-17)20-3-2-4-23-21(20)13-29-15-31-23/h2-10,12-13,15-16,21,23H,11,14H2,1H3,(H,32,33)/t16-,21?,23?/m1/s1. The Morgan fingerprint density at radius 3 is 2.68 bits per heavy atom. The minimum Gasteiger partial charge on any atom is -0.483 e. The molecule has 0 bridgehead atoms. The number of hydrogen-bond acceptors (Lipinski definition) is 5. The summed E-state index contributed by atoms with van der Waals surface area (Å²) in [6, 6.07) is 10.4. The van der Waals surface area contributed by atoms with E-state index in [0.717, 1.165) is 16.7 Å². The topological polar surface area (TPSA) is 75.9 Å². The van der Waals surface area contributed by atoms with Crippen LogP contribution >= 0.6 is 0 Å². The molecule has 1 amide bonds. The lowest BCUT2D eigenvalue weighted by molar-refractivity contribution is -0.153. The lowest BCUT2D eigenvalue weighted by atomic mass is 9.83. The molecule has 6 nitrogen and oxygen atoms in total. The number of allylic oxidation sites excluding steroid dienone is 2. The predicted molar refractivity (Wildman–Crippen MR) is 124 cm³/mol. The van der Waals surface area contributed by atoms with E-state index in [4.69, 9.17) is 0 Å². The highest BCUT2D eigenvalue weighted by Crippen LogP contribution is 2.31. The Balaban J connectivity index is 1.32. The van der Waals surface area contributed by atoms with E-state index in [9.17, 15) is 18.0 Å². The monoisotopic (exact) mass is 468 g/mol. The second kappa shape index (κ2) is 10.0. The van der Waals surface area contributed by atoms with Gasteiger partial charge in [0.2, 0.25) is 5.91 Å². The summed E-state index contributed by atoms with van der Waals surface area (Å²) >= 11 is 0. The van der Waals surface area contributed by atoms with Crippen molar-refractivity contribution in [1.82, 2.24) is 10.3 Å². The van der Waals surface area contributed by atoms with Gasteiger partial charge in [-0.1, -0.05) is 42.5 Å². The number of ether oxygens (including phenoxy) is 1. The van der Waals surface area contributed by atoms with Crippen molar-refractivity contribution in [2.45, 2.75) is 31.6 Å². The molecule has 2 heterocycles. The Morgan fingerprint density at radius 2 is 1.97 bits per heavy atom. The van der Waals surface area contributed by atoms with E-state index < -0.39 is 18.8 Å². The molecule has 0 radical (unpaired) electrons. The van der Waals surface area contributed by atoms with Crippen LogP contribution < -0.4 is 10.1 Å². The summed E-state index contributed by atoms with van der Waals surface area (Å²) < 4.78 is 41.4. The first kappa shape index (κ1) is 23.4. The molecule has 4 rings (SSSR count). The van der Waals surface area contributed by atoms with Crippen LogP contribution in [0.5, 0.6) is 5.75 Å². The molecular weight excluding hydrogens is 445 g/mol. The van der Waals surface area contributed by atoms with Gasteiger partial charge >= 0.3 is 6.18 Å². The molecule has 0 saturated carbocycles. The number of benzene rings is 1. The molecule has 176 valence electrons. The summed E-state index contributed by atoms with van der Waals surface area (Å²) in [5, 5.41) is 2.86. The molecule has 1 aromatic carbocycles. The lowest BCUT2D eigenvalue weighted by Crippen LogP contribution is -2.28. The van der Waals surface area contributed by atoms with Gasteiger partial charge in [0.1, 0.15) is 12.1 Å². The number of alkyl halides is 3. The van der Waals surface area contributed by atoms with Crippen molar-refractivity contribution in [3.05, 3.63) is 77.6 Å². The quantitative estimate of drug-likeness (QED) is 0.651. The molecule has 0 fully saturated rings. The third-order valence-electron chi connectivity index (χ3n) is 5.50. The van der Waals surface area contributed by atoms with Gasteiger partial charge in [-0.3, -0.25) is 14.8 Å². The molecule has 3 atom stereocenters. The van der Waals surface area contributed by atoms with E-state index in [1.54, 1.807) is 13.3 Å². The number of carbonyl (C=O) groups excluding carboxylic acids is 1. The van der Waals surface area contributed by atoms with Crippen LogP contribution in [0.1, 0.15) is 29.8 Å². The highest BCUT2D eigenvalue weighted by atomic mass is 19.4. The summed E-state index contributed by atoms with van der Waals surface area (Å²) in [4.78, 5) is 25.2. The second-order valence-electron chi connectivity index (χ2n) is 8.07. The predicted octanol–water partition coefficient (Wildman–Crippen LogP) is 4.49. The van der Waals surface area contributed by atoms with Gasteiger partial charge in [-0.15, -0.1) is 0 Å². The van der Waals surface area contributed by atoms with Crippen LogP contribution in [0.15, 0.2) is 70.8 Å². The largest absolute Gasteiger partial charge is 0.483 e. The molecule has 2 unspecified atom stereocenters. The summed E-state index contributed by atoms with van der Waals surface area (Å²) in [7, 11) is 0. The molecule has 0 saturated heterocycles. The number of aliphatic imine (C=N–C) groups is 2. The van der Waals surface area contributed by atoms with Gasteiger partial charge in [-0.05, 0) is 35.8 Å². The minimum absolute atomic E-state index is 0.0147. The zero-order valence-corrected chi connectivity index (χ0v) is 18.4. The van der Waals surface area contributed by atoms with Gasteiger partial charge < -0.3 is 10.1 Å². The number of nitrogens with one attached hydrogen (secondary N) is 1. The first-order valence-corrected chi connectivity index (χ1v) is 10.8. The first-order chi connectivity index (χ1) is 16.3. The molecule has 1 aliphatic heterocycles. The van der Waals surface area contributed by atoms with E-state index in [0.29, 0.717) is 5.69 Å². The van der Waals surface area contributed by atoms with Crippen LogP contribution in [-0.4, -0.2) is 42.3 Å². The zero-order valence-electron chi connectivity index (χ0n) is 18.4. The summed E-state index contributed by atoms with van der Waals surface area (Å²) in [5.41, 5.74) is 3.56. The summed E-state index contributed by atoms with van der Waals surface area (Å²) in [6.45, 7) is 0.378. The molecule has 1 N–H and O–H groups in total. The van der Waals surface area contributed by atoms with Crippen LogP contribution in [0.3, 0.4) is 0 Å². The molecular formula is C25H23F3N4O2. The van der Waals surface area contributed by atoms with Crippen molar-refractivity contribution in [2.24, 2.45) is 15.9 Å². The Morgan fingerprint density at radius 1 is 1.18 bits per heavy atom. The van der Waals surface area contributed by atoms with Crippen molar-refractivity contribution in [1.29, 1.82) is 0 Å². The van der Waals surface area contributed by atoms with Crippen molar-refractivity contribution < 1.29 is 22.7 Å². The molecule has 0 spiro atoms. The van der Waals surface area contributed by atoms with E-state index in [2.05, 4.69) is 31.1 Å². The molecule has 9 heteroatoms. The van der Waals surface area contributed by atoms with Gasteiger partial charge in [-0.2, -0.15) is 13.2 Å². The summed E-state index contributed by atoms with van der Waals surface area (Å²) in [6.07, 6.45) is 6.57. The Hall–Kier alpha value is -3.75. The van der Waals surface area contributed by atoms with Crippen molar-refractivity contribution in [2.75, 3.05) is 6.61 Å². The second-order valence-corrected chi connectivity index (χ2v) is 8.07. The number of fused-ring (bicyclic) bond motifs is 1. The third kappa shape index (κ3) is 5.98. The normalized spacial score (nSPS) is 19.8. The Bertz CT molecular complexity index is 1140. The van der Waals surface area contributed by atoms with Gasteiger partial charge in [-0.25, -0.2) is 4.99 Å². The first-order valence-electron chi connectivity index (χ1n) is 10.8. The van der Waals surface area contributed by atoms with Crippen molar-refractivity contribution in [3.8, 4) is 5.75 Å². The van der Waals surface area contributed by atoms with Crippen molar-refractivity contribution >= 4 is 24.0 Å². The number of halogens is 3. The van der Waals surface area contributed by atoms with Gasteiger partial charge in [0, 0.05) is 12.1 Å². The van der Waals surface area contributed by atoms with Crippen molar-refractivity contribution in [3.63, 3.8) is 0 Å². The maximum atomic E-state index is 12.5. The van der Waals surface area contributed by atoms with Crippen LogP contribution in [0.2, 0.25) is 0 Å². The average molecular weight is 468 g/mol. The van der Waals surface area contributed by atoms with Crippen LogP contribution in [0, 0.1) is 5.92 Å². The Labute approximate surface area is 195 Å². The lowest BCUT2D eigenvalue weighted by Gasteiger charge is -2.25. The van der Waals surface area contributed by atoms with Gasteiger partial charge in [0.05, 0.1) is 30.4 Å². The fraction of sp³-hybridized carbons (Fsp3) is 0.280. The highest BCUT2D eigenvalue weighted by Gasteiger charge is 2.28. The third-order valence-corrected chi connectivity index (χ3v) is 5.50. The number of carbonyl (C=O) groups is 1. The fourth-order valence-electron chi connectivity index (χ4n) is 3.80. The summed E-state index contributed by atoms with van der Waals surface area (Å²) in [5.74, 6) is -0.0725. The average Bonchev–Trinajstić information content (AvgIpc) is 2.83. The molecule has 2 aromatic rings. The van der Waals surface area contributed by atoms with Crippen LogP contribution in [0.4, 0.5) is 13.2 Å². The molecule has 1 aromatic heterocycles. The fourth-order valence-corrected chi connectivity index (χ4v) is 3.80. The molecule has 2 aliphatic rings. The van der Waals surface area contributed by atoms with E-state index >= 15 is 0 Å². The Kier molecular flexibility index (Phi) is 6.90. The van der Waals surface area contributed by atoms with E-state index in [1.165, 1.54) is 18.3 Å². The van der Waals surface area contributed by atoms with E-state index in [-0.39, 0.29) is 30.0 Å². The SMILES string of the molecule is C[C@@H](NC(=O)Cc1ccc(C2=CC=CC3N=CN=CC23)cc1)c1ccc(OCC(F)(F)F)cn1. The van der Waals surface area contributed by atoms with E-state index in [1.807, 2.05) is 42.6 Å². The number of aromatic nitrogens is 1. The smallest absolute Gasteiger partial charge is 0.422 e. The van der Waals surface area contributed by atoms with Gasteiger partial charge in [0.15, 0.2) is 6.61 Å². The number of nitrogens with zero attached hydrogens (tertiary/aromatic N) is 3. The maximum absolute atomic E-state index is 12.5. The van der Waals surface area contributed by atoms with Crippen LogP contribution in [-0.2, 0) is 11.2 Å².